The van der Waals surface area contributed by atoms with Gasteiger partial charge in [-0.3, -0.25) is 0 Å². The number of hydrogen-bond acceptors (Lipinski definition) is 3. The third-order valence-corrected chi connectivity index (χ3v) is 3.47. The van der Waals surface area contributed by atoms with Crippen LogP contribution in [0.4, 0.5) is 16.3 Å². The van der Waals surface area contributed by atoms with Crippen molar-refractivity contribution in [2.24, 2.45) is 0 Å². The summed E-state index contributed by atoms with van der Waals surface area (Å²) >= 11 is 0. The third-order valence-electron chi connectivity index (χ3n) is 3.47. The van der Waals surface area contributed by atoms with E-state index < -0.39 is 11.7 Å². The molecular weight excluding hydrogens is 304 g/mol. The van der Waals surface area contributed by atoms with Crippen LogP contribution < -0.4 is 16.0 Å². The Morgan fingerprint density at radius 2 is 1.96 bits per heavy atom. The Hall–Kier alpha value is -3.02. The summed E-state index contributed by atoms with van der Waals surface area (Å²) in [4.78, 5) is 18.1. The monoisotopic (exact) mass is 325 g/mol. The Balaban J connectivity index is 1.86. The molecule has 0 aliphatic carbocycles. The van der Waals surface area contributed by atoms with Crippen molar-refractivity contribution in [3.8, 4) is 11.1 Å². The van der Waals surface area contributed by atoms with Gasteiger partial charge in [0, 0.05) is 22.8 Å². The van der Waals surface area contributed by atoms with Crippen LogP contribution in [-0.2, 0) is 4.74 Å². The second-order valence-corrected chi connectivity index (χ2v) is 6.63. The number of pyridine rings is 1. The summed E-state index contributed by atoms with van der Waals surface area (Å²) in [5.41, 5.74) is 8.96. The molecular formula is C18H21N4O2+. The molecule has 0 saturated carbocycles. The van der Waals surface area contributed by atoms with Crippen LogP contribution in [0.1, 0.15) is 20.8 Å². The van der Waals surface area contributed by atoms with Crippen molar-refractivity contribution < 1.29 is 14.5 Å². The van der Waals surface area contributed by atoms with Crippen LogP contribution in [0.5, 0.6) is 0 Å². The predicted molar refractivity (Wildman–Crippen MR) is 94.6 cm³/mol. The minimum Gasteiger partial charge on any atom is -0.426 e. The number of amides is 1. The number of nitrogen functional groups attached to an aromatic ring is 1. The maximum atomic E-state index is 11.8. The second kappa shape index (κ2) is 5.88. The summed E-state index contributed by atoms with van der Waals surface area (Å²) in [7, 11) is 0. The van der Waals surface area contributed by atoms with E-state index in [9.17, 15) is 4.79 Å². The minimum absolute atomic E-state index is 0.497. The molecule has 6 heteroatoms. The lowest BCUT2D eigenvalue weighted by Crippen LogP contribution is -2.29. The van der Waals surface area contributed by atoms with Gasteiger partial charge in [0.2, 0.25) is 0 Å². The Bertz CT molecular complexity index is 876. The summed E-state index contributed by atoms with van der Waals surface area (Å²) in [6.07, 6.45) is 3.29. The van der Waals surface area contributed by atoms with Crippen molar-refractivity contribution in [1.82, 2.24) is 4.98 Å². The maximum absolute atomic E-state index is 11.8. The number of hydrogen-bond donors (Lipinski definition) is 3. The summed E-state index contributed by atoms with van der Waals surface area (Å²) < 4.78 is 5.25. The zero-order valence-electron chi connectivity index (χ0n) is 13.9. The standard InChI is InChI=1S/C18H20N4O2/c1-18(2,3)24-17(23)22-16-8-15-14(10-21-16)13(9-20-15)11-4-6-12(19)7-5-11/h4-10,20H,19H2,1-3H3,(H,21,22,23)/p+1. The molecule has 1 aromatic carbocycles. The lowest BCUT2D eigenvalue weighted by atomic mass is 10.1. The number of aromatic amines is 2. The molecule has 3 aromatic rings. The van der Waals surface area contributed by atoms with E-state index in [1.165, 1.54) is 0 Å². The summed E-state index contributed by atoms with van der Waals surface area (Å²) in [5, 5.41) is 3.72. The zero-order valence-corrected chi connectivity index (χ0v) is 13.9. The van der Waals surface area contributed by atoms with Crippen molar-refractivity contribution in [2.75, 3.05) is 11.1 Å². The Morgan fingerprint density at radius 3 is 2.62 bits per heavy atom. The summed E-state index contributed by atoms with van der Waals surface area (Å²) in [6, 6.07) is 9.53. The number of benzene rings is 1. The van der Waals surface area contributed by atoms with E-state index in [2.05, 4.69) is 15.3 Å². The van der Waals surface area contributed by atoms with E-state index >= 15 is 0 Å². The lowest BCUT2D eigenvalue weighted by molar-refractivity contribution is -0.358. The molecule has 24 heavy (non-hydrogen) atoms. The van der Waals surface area contributed by atoms with Gasteiger partial charge in [0.25, 0.3) is 5.82 Å². The second-order valence-electron chi connectivity index (χ2n) is 6.63. The molecule has 0 aliphatic heterocycles. The van der Waals surface area contributed by atoms with Crippen molar-refractivity contribution in [1.29, 1.82) is 0 Å². The van der Waals surface area contributed by atoms with Gasteiger partial charge in [0.15, 0.2) is 0 Å². The van der Waals surface area contributed by atoms with E-state index in [4.69, 9.17) is 10.5 Å². The molecule has 5 N–H and O–H groups in total. The first-order chi connectivity index (χ1) is 11.3. The molecule has 3 rings (SSSR count). The molecule has 0 unspecified atom stereocenters. The largest absolute Gasteiger partial charge is 0.505 e. The van der Waals surface area contributed by atoms with Gasteiger partial charge in [0.1, 0.15) is 5.60 Å². The van der Waals surface area contributed by atoms with Crippen molar-refractivity contribution >= 4 is 28.5 Å². The SMILES string of the molecule is CC(C)(C)OC(=O)Nc1cc2[nH]cc(-c3ccc(N)cc3)c2c[nH+]1. The fourth-order valence-electron chi connectivity index (χ4n) is 2.45. The van der Waals surface area contributed by atoms with Crippen LogP contribution >= 0.6 is 0 Å². The molecule has 0 bridgehead atoms. The molecule has 2 heterocycles. The van der Waals surface area contributed by atoms with E-state index in [1.54, 1.807) is 0 Å². The number of rotatable bonds is 2. The van der Waals surface area contributed by atoms with Gasteiger partial charge in [-0.15, -0.1) is 0 Å². The zero-order chi connectivity index (χ0) is 17.3. The van der Waals surface area contributed by atoms with Crippen LogP contribution in [0.3, 0.4) is 0 Å². The highest BCUT2D eigenvalue weighted by Crippen LogP contribution is 2.28. The summed E-state index contributed by atoms with van der Waals surface area (Å²) in [5.74, 6) is 0.558. The number of fused-ring (bicyclic) bond motifs is 1. The number of nitrogens with two attached hydrogens (primary N) is 1. The fraction of sp³-hybridized carbons (Fsp3) is 0.222. The van der Waals surface area contributed by atoms with Crippen molar-refractivity contribution in [3.05, 3.63) is 42.7 Å². The molecule has 2 aromatic heterocycles. The van der Waals surface area contributed by atoms with Crippen LogP contribution in [-0.4, -0.2) is 16.7 Å². The van der Waals surface area contributed by atoms with Gasteiger partial charge in [-0.2, -0.15) is 10.1 Å². The Morgan fingerprint density at radius 1 is 1.25 bits per heavy atom. The average Bonchev–Trinajstić information content (AvgIpc) is 2.89. The van der Waals surface area contributed by atoms with Crippen LogP contribution in [0.25, 0.3) is 22.0 Å². The number of aromatic nitrogens is 2. The molecule has 0 atom stereocenters. The number of H-pyrrole nitrogens is 2. The van der Waals surface area contributed by atoms with E-state index in [-0.39, 0.29) is 0 Å². The first-order valence-electron chi connectivity index (χ1n) is 7.70. The maximum Gasteiger partial charge on any atom is 0.505 e. The van der Waals surface area contributed by atoms with Gasteiger partial charge in [-0.05, 0) is 38.5 Å². The van der Waals surface area contributed by atoms with Crippen LogP contribution in [0.15, 0.2) is 42.7 Å². The first-order valence-corrected chi connectivity index (χ1v) is 7.70. The molecule has 0 fully saturated rings. The number of carbonyl (C=O) groups excluding carboxylic acids is 1. The normalized spacial score (nSPS) is 11.5. The third kappa shape index (κ3) is 3.48. The molecule has 6 nitrogen and oxygen atoms in total. The van der Waals surface area contributed by atoms with Crippen LogP contribution in [0.2, 0.25) is 0 Å². The molecule has 124 valence electrons. The fourth-order valence-corrected chi connectivity index (χ4v) is 2.45. The van der Waals surface area contributed by atoms with E-state index in [0.29, 0.717) is 5.82 Å². The van der Waals surface area contributed by atoms with E-state index in [0.717, 1.165) is 27.7 Å². The first kappa shape index (κ1) is 15.9. The molecule has 0 radical (unpaired) electrons. The van der Waals surface area contributed by atoms with Gasteiger partial charge >= 0.3 is 6.09 Å². The highest BCUT2D eigenvalue weighted by atomic mass is 16.6. The number of nitrogens with one attached hydrogen (secondary N) is 3. The van der Waals surface area contributed by atoms with Gasteiger partial charge in [-0.1, -0.05) is 12.1 Å². The van der Waals surface area contributed by atoms with Crippen molar-refractivity contribution in [2.45, 2.75) is 26.4 Å². The molecule has 0 saturated heterocycles. The Kier molecular flexibility index (Phi) is 3.89. The summed E-state index contributed by atoms with van der Waals surface area (Å²) in [6.45, 7) is 5.47. The van der Waals surface area contributed by atoms with Gasteiger partial charge in [0.05, 0.1) is 17.8 Å². The predicted octanol–water partition coefficient (Wildman–Crippen LogP) is 3.58. The topological polar surface area (TPSA) is 94.3 Å². The number of anilines is 2. The number of ether oxygens (including phenoxy) is 1. The smallest absolute Gasteiger partial charge is 0.426 e. The lowest BCUT2D eigenvalue weighted by Gasteiger charge is -2.16. The average molecular weight is 325 g/mol. The van der Waals surface area contributed by atoms with Gasteiger partial charge < -0.3 is 15.5 Å². The molecule has 0 spiro atoms. The number of carbonyl (C=O) groups is 1. The quantitative estimate of drug-likeness (QED) is 0.629. The molecule has 0 aliphatic rings. The van der Waals surface area contributed by atoms with Gasteiger partial charge in [-0.25, -0.2) is 4.98 Å². The van der Waals surface area contributed by atoms with Crippen molar-refractivity contribution in [3.63, 3.8) is 0 Å². The minimum atomic E-state index is -0.539. The molecule has 1 amide bonds. The van der Waals surface area contributed by atoms with Crippen LogP contribution in [0, 0.1) is 0 Å². The van der Waals surface area contributed by atoms with E-state index in [1.807, 2.05) is 63.5 Å². The highest BCUT2D eigenvalue weighted by Gasteiger charge is 2.21. The Labute approximate surface area is 140 Å². The highest BCUT2D eigenvalue weighted by molar-refractivity contribution is 5.96.